The Kier molecular flexibility index (Phi) is 4.15. The fraction of sp³-hybridized carbons (Fsp3) is 0.538. The number of hydrogen-bond acceptors (Lipinski definition) is 2. The van der Waals surface area contributed by atoms with Gasteiger partial charge in [-0.2, -0.15) is 0 Å². The molecule has 1 aromatic heterocycles. The summed E-state index contributed by atoms with van der Waals surface area (Å²) in [7, 11) is 0. The number of aromatic nitrogens is 1. The molecule has 17 heavy (non-hydrogen) atoms. The fourth-order valence-corrected chi connectivity index (χ4v) is 2.76. The van der Waals surface area contributed by atoms with Crippen molar-refractivity contribution < 1.29 is 4.79 Å². The van der Waals surface area contributed by atoms with Gasteiger partial charge >= 0.3 is 0 Å². The van der Waals surface area contributed by atoms with E-state index in [-0.39, 0.29) is 5.91 Å². The molecule has 1 fully saturated rings. The molecule has 0 saturated heterocycles. The van der Waals surface area contributed by atoms with Crippen LogP contribution in [0.3, 0.4) is 0 Å². The van der Waals surface area contributed by atoms with Gasteiger partial charge in [0, 0.05) is 16.7 Å². The number of carbonyl (C=O) groups excluding carboxylic acids is 1. The standard InChI is InChI=1S/C13H17BrN2O/c1-9-5-2-3-7-11(9)16-13(17)12-10(14)6-4-8-15-12/h4,6,8-9,11H,2-3,5,7H2,1H3,(H,16,17). The quantitative estimate of drug-likeness (QED) is 0.911. The molecule has 92 valence electrons. The molecule has 1 saturated carbocycles. The first-order valence-corrected chi connectivity index (χ1v) is 6.89. The molecular weight excluding hydrogens is 280 g/mol. The van der Waals surface area contributed by atoms with E-state index < -0.39 is 0 Å². The highest BCUT2D eigenvalue weighted by Gasteiger charge is 2.24. The maximum Gasteiger partial charge on any atom is 0.271 e. The van der Waals surface area contributed by atoms with Gasteiger partial charge in [-0.15, -0.1) is 0 Å². The molecular formula is C13H17BrN2O. The molecule has 0 bridgehead atoms. The Bertz CT molecular complexity index is 408. The summed E-state index contributed by atoms with van der Waals surface area (Å²) in [5.74, 6) is 0.492. The summed E-state index contributed by atoms with van der Waals surface area (Å²) >= 11 is 3.35. The average Bonchev–Trinajstić information content (AvgIpc) is 2.32. The van der Waals surface area contributed by atoms with Crippen molar-refractivity contribution in [3.05, 3.63) is 28.5 Å². The maximum atomic E-state index is 12.1. The van der Waals surface area contributed by atoms with E-state index in [4.69, 9.17) is 0 Å². The van der Waals surface area contributed by atoms with E-state index in [9.17, 15) is 4.79 Å². The van der Waals surface area contributed by atoms with Crippen LogP contribution in [0.5, 0.6) is 0 Å². The molecule has 0 aromatic carbocycles. The molecule has 1 N–H and O–H groups in total. The number of nitrogens with one attached hydrogen (secondary N) is 1. The molecule has 2 unspecified atom stereocenters. The van der Waals surface area contributed by atoms with E-state index in [1.807, 2.05) is 12.1 Å². The fourth-order valence-electron chi connectivity index (χ4n) is 2.32. The van der Waals surface area contributed by atoms with Crippen molar-refractivity contribution >= 4 is 21.8 Å². The van der Waals surface area contributed by atoms with Gasteiger partial charge in [-0.1, -0.05) is 19.8 Å². The Morgan fingerprint density at radius 3 is 2.94 bits per heavy atom. The first-order valence-electron chi connectivity index (χ1n) is 6.10. The van der Waals surface area contributed by atoms with Gasteiger partial charge in [-0.05, 0) is 46.8 Å². The van der Waals surface area contributed by atoms with Crippen LogP contribution in [0.1, 0.15) is 43.1 Å². The Balaban J connectivity index is 2.04. The second kappa shape index (κ2) is 5.63. The van der Waals surface area contributed by atoms with E-state index in [1.54, 1.807) is 6.20 Å². The van der Waals surface area contributed by atoms with Crippen LogP contribution in [0.4, 0.5) is 0 Å². The van der Waals surface area contributed by atoms with Crippen LogP contribution in [0.2, 0.25) is 0 Å². The van der Waals surface area contributed by atoms with E-state index in [1.165, 1.54) is 19.3 Å². The van der Waals surface area contributed by atoms with Crippen molar-refractivity contribution in [1.82, 2.24) is 10.3 Å². The van der Waals surface area contributed by atoms with Crippen molar-refractivity contribution in [2.75, 3.05) is 0 Å². The zero-order chi connectivity index (χ0) is 12.3. The number of carbonyl (C=O) groups is 1. The van der Waals surface area contributed by atoms with Crippen LogP contribution in [-0.4, -0.2) is 16.9 Å². The number of pyridine rings is 1. The predicted octanol–water partition coefficient (Wildman–Crippen LogP) is 3.15. The van der Waals surface area contributed by atoms with Gasteiger partial charge in [0.15, 0.2) is 0 Å². The van der Waals surface area contributed by atoms with E-state index in [2.05, 4.69) is 33.2 Å². The molecule has 1 aliphatic rings. The number of amides is 1. The molecule has 2 atom stereocenters. The molecule has 3 nitrogen and oxygen atoms in total. The minimum Gasteiger partial charge on any atom is -0.348 e. The van der Waals surface area contributed by atoms with Crippen LogP contribution in [-0.2, 0) is 0 Å². The lowest BCUT2D eigenvalue weighted by Crippen LogP contribution is -2.41. The summed E-state index contributed by atoms with van der Waals surface area (Å²) in [6.07, 6.45) is 6.41. The third-order valence-electron chi connectivity index (χ3n) is 3.40. The molecule has 1 heterocycles. The molecule has 1 aliphatic carbocycles. The minimum atomic E-state index is -0.0729. The highest BCUT2D eigenvalue weighted by atomic mass is 79.9. The third kappa shape index (κ3) is 3.06. The normalized spacial score (nSPS) is 24.4. The van der Waals surface area contributed by atoms with Gasteiger partial charge < -0.3 is 5.32 Å². The lowest BCUT2D eigenvalue weighted by molar-refractivity contribution is 0.0904. The van der Waals surface area contributed by atoms with Crippen molar-refractivity contribution in [3.8, 4) is 0 Å². The maximum absolute atomic E-state index is 12.1. The van der Waals surface area contributed by atoms with Crippen LogP contribution >= 0.6 is 15.9 Å². The van der Waals surface area contributed by atoms with Crippen LogP contribution in [0.25, 0.3) is 0 Å². The largest absolute Gasteiger partial charge is 0.348 e. The monoisotopic (exact) mass is 296 g/mol. The van der Waals surface area contributed by atoms with Crippen molar-refractivity contribution in [3.63, 3.8) is 0 Å². The summed E-state index contributed by atoms with van der Waals surface area (Å²) in [6, 6.07) is 3.95. The number of rotatable bonds is 2. The molecule has 1 aromatic rings. The first kappa shape index (κ1) is 12.6. The Morgan fingerprint density at radius 2 is 2.24 bits per heavy atom. The van der Waals surface area contributed by atoms with Crippen LogP contribution in [0.15, 0.2) is 22.8 Å². The lowest BCUT2D eigenvalue weighted by Gasteiger charge is -2.29. The molecule has 4 heteroatoms. The van der Waals surface area contributed by atoms with E-state index in [0.29, 0.717) is 17.7 Å². The highest BCUT2D eigenvalue weighted by molar-refractivity contribution is 9.10. The van der Waals surface area contributed by atoms with Crippen molar-refractivity contribution in [2.24, 2.45) is 5.92 Å². The summed E-state index contributed by atoms with van der Waals surface area (Å²) < 4.78 is 0.751. The van der Waals surface area contributed by atoms with Crippen LogP contribution < -0.4 is 5.32 Å². The van der Waals surface area contributed by atoms with Gasteiger partial charge in [0.05, 0.1) is 0 Å². The number of halogens is 1. The van der Waals surface area contributed by atoms with Crippen molar-refractivity contribution in [2.45, 2.75) is 38.6 Å². The third-order valence-corrected chi connectivity index (χ3v) is 4.04. The van der Waals surface area contributed by atoms with Gasteiger partial charge in [-0.3, -0.25) is 4.79 Å². The zero-order valence-corrected chi connectivity index (χ0v) is 11.5. The van der Waals surface area contributed by atoms with Crippen LogP contribution in [0, 0.1) is 5.92 Å². The Labute approximate surface area is 110 Å². The highest BCUT2D eigenvalue weighted by Crippen LogP contribution is 2.24. The first-order chi connectivity index (χ1) is 8.18. The van der Waals surface area contributed by atoms with E-state index in [0.717, 1.165) is 10.9 Å². The summed E-state index contributed by atoms with van der Waals surface area (Å²) in [5.41, 5.74) is 0.477. The summed E-state index contributed by atoms with van der Waals surface area (Å²) in [6.45, 7) is 2.21. The average molecular weight is 297 g/mol. The van der Waals surface area contributed by atoms with E-state index >= 15 is 0 Å². The zero-order valence-electron chi connectivity index (χ0n) is 9.95. The van der Waals surface area contributed by atoms with Gasteiger partial charge in [0.25, 0.3) is 5.91 Å². The topological polar surface area (TPSA) is 42.0 Å². The molecule has 0 spiro atoms. The number of nitrogens with zero attached hydrogens (tertiary/aromatic N) is 1. The molecule has 1 amide bonds. The molecule has 0 radical (unpaired) electrons. The lowest BCUT2D eigenvalue weighted by atomic mass is 9.86. The van der Waals surface area contributed by atoms with Gasteiger partial charge in [-0.25, -0.2) is 4.98 Å². The second-order valence-corrected chi connectivity index (χ2v) is 5.53. The predicted molar refractivity (Wildman–Crippen MR) is 70.8 cm³/mol. The van der Waals surface area contributed by atoms with Crippen molar-refractivity contribution in [1.29, 1.82) is 0 Å². The Hall–Kier alpha value is -0.900. The molecule has 0 aliphatic heterocycles. The smallest absolute Gasteiger partial charge is 0.271 e. The number of hydrogen-bond donors (Lipinski definition) is 1. The van der Waals surface area contributed by atoms with Gasteiger partial charge in [0.2, 0.25) is 0 Å². The Morgan fingerprint density at radius 1 is 1.47 bits per heavy atom. The SMILES string of the molecule is CC1CCCCC1NC(=O)c1ncccc1Br. The molecule has 2 rings (SSSR count). The van der Waals surface area contributed by atoms with Gasteiger partial charge in [0.1, 0.15) is 5.69 Å². The second-order valence-electron chi connectivity index (χ2n) is 4.68. The summed E-state index contributed by atoms with van der Waals surface area (Å²) in [4.78, 5) is 16.2. The summed E-state index contributed by atoms with van der Waals surface area (Å²) in [5, 5.41) is 3.09. The minimum absolute atomic E-state index is 0.0729.